The van der Waals surface area contributed by atoms with Gasteiger partial charge in [0.15, 0.2) is 0 Å². The van der Waals surface area contributed by atoms with Gasteiger partial charge in [0.25, 0.3) is 0 Å². The summed E-state index contributed by atoms with van der Waals surface area (Å²) in [5.74, 6) is 1.68. The predicted octanol–water partition coefficient (Wildman–Crippen LogP) is 4.30. The molecule has 0 spiro atoms. The van der Waals surface area contributed by atoms with E-state index in [9.17, 15) is 8.42 Å². The Morgan fingerprint density at radius 3 is 2.39 bits per heavy atom. The fourth-order valence-electron chi connectivity index (χ4n) is 4.41. The monoisotopic (exact) mass is 403 g/mol. The Labute approximate surface area is 167 Å². The zero-order valence-electron chi connectivity index (χ0n) is 16.7. The molecule has 1 aliphatic heterocycles. The minimum absolute atomic E-state index is 0.0292. The highest BCUT2D eigenvalue weighted by Gasteiger charge is 2.34. The lowest BCUT2D eigenvalue weighted by Gasteiger charge is -2.30. The van der Waals surface area contributed by atoms with Crippen LogP contribution in [0.4, 0.5) is 0 Å². The van der Waals surface area contributed by atoms with Crippen molar-refractivity contribution < 1.29 is 12.8 Å². The standard InChI is InChI=1S/C21H29N3O3S/c1-15-10-11-16(2)19(13-15)28(25,26)24-12-6-9-18(14-24)21-23-22-20(27-21)17-7-4-3-5-8-17/h10-11,13,17-18H,3-9,12,14H2,1-2H3. The first-order valence-electron chi connectivity index (χ1n) is 10.4. The topological polar surface area (TPSA) is 76.3 Å². The number of aromatic nitrogens is 2. The van der Waals surface area contributed by atoms with Gasteiger partial charge in [0.2, 0.25) is 21.8 Å². The third kappa shape index (κ3) is 3.87. The molecular weight excluding hydrogens is 374 g/mol. The predicted molar refractivity (Wildman–Crippen MR) is 107 cm³/mol. The molecular formula is C21H29N3O3S. The first-order valence-corrected chi connectivity index (χ1v) is 11.8. The molecule has 28 heavy (non-hydrogen) atoms. The van der Waals surface area contributed by atoms with Crippen molar-refractivity contribution in [3.05, 3.63) is 41.1 Å². The van der Waals surface area contributed by atoms with E-state index in [-0.39, 0.29) is 5.92 Å². The van der Waals surface area contributed by atoms with E-state index in [0.717, 1.165) is 42.7 Å². The molecule has 152 valence electrons. The van der Waals surface area contributed by atoms with Crippen LogP contribution in [0.3, 0.4) is 0 Å². The highest BCUT2D eigenvalue weighted by molar-refractivity contribution is 7.89. The van der Waals surface area contributed by atoms with Crippen LogP contribution in [0.15, 0.2) is 27.5 Å². The Kier molecular flexibility index (Phi) is 5.56. The van der Waals surface area contributed by atoms with Crippen LogP contribution in [0, 0.1) is 13.8 Å². The minimum atomic E-state index is -3.53. The second-order valence-corrected chi connectivity index (χ2v) is 10.2. The summed E-state index contributed by atoms with van der Waals surface area (Å²) in [4.78, 5) is 0.404. The summed E-state index contributed by atoms with van der Waals surface area (Å²) in [6, 6.07) is 5.58. The van der Waals surface area contributed by atoms with E-state index in [4.69, 9.17) is 4.42 Å². The van der Waals surface area contributed by atoms with E-state index in [1.165, 1.54) is 19.3 Å². The third-order valence-electron chi connectivity index (χ3n) is 6.11. The number of piperidine rings is 1. The molecule has 1 aromatic carbocycles. The zero-order chi connectivity index (χ0) is 19.7. The average molecular weight is 404 g/mol. The van der Waals surface area contributed by atoms with Crippen molar-refractivity contribution in [2.24, 2.45) is 0 Å². The Bertz CT molecular complexity index is 932. The van der Waals surface area contributed by atoms with Crippen molar-refractivity contribution >= 4 is 10.0 Å². The molecule has 2 aliphatic rings. The van der Waals surface area contributed by atoms with Crippen molar-refractivity contribution in [3.8, 4) is 0 Å². The Balaban J connectivity index is 1.53. The van der Waals surface area contributed by atoms with Crippen LogP contribution in [0.2, 0.25) is 0 Å². The lowest BCUT2D eigenvalue weighted by atomic mass is 9.89. The molecule has 1 unspecified atom stereocenters. The molecule has 1 saturated carbocycles. The second-order valence-electron chi connectivity index (χ2n) is 8.28. The fourth-order valence-corrected chi connectivity index (χ4v) is 6.25. The maximum Gasteiger partial charge on any atom is 0.243 e. The largest absolute Gasteiger partial charge is 0.425 e. The van der Waals surface area contributed by atoms with Gasteiger partial charge < -0.3 is 4.42 Å². The van der Waals surface area contributed by atoms with E-state index in [0.29, 0.717) is 29.8 Å². The van der Waals surface area contributed by atoms with E-state index >= 15 is 0 Å². The van der Waals surface area contributed by atoms with Crippen LogP contribution in [0.1, 0.15) is 79.7 Å². The summed E-state index contributed by atoms with van der Waals surface area (Å²) in [7, 11) is -3.53. The van der Waals surface area contributed by atoms with Gasteiger partial charge in [-0.05, 0) is 56.7 Å². The third-order valence-corrected chi connectivity index (χ3v) is 8.11. The van der Waals surface area contributed by atoms with Crippen LogP contribution in [-0.2, 0) is 10.0 Å². The summed E-state index contributed by atoms with van der Waals surface area (Å²) in [6.45, 7) is 4.71. The number of benzene rings is 1. The Hall–Kier alpha value is -1.73. The molecule has 1 saturated heterocycles. The van der Waals surface area contributed by atoms with E-state index in [2.05, 4.69) is 10.2 Å². The minimum Gasteiger partial charge on any atom is -0.425 e. The van der Waals surface area contributed by atoms with Crippen molar-refractivity contribution in [2.75, 3.05) is 13.1 Å². The van der Waals surface area contributed by atoms with E-state index in [1.54, 1.807) is 10.4 Å². The lowest BCUT2D eigenvalue weighted by molar-refractivity contribution is 0.273. The summed E-state index contributed by atoms with van der Waals surface area (Å²) in [5, 5.41) is 8.60. The summed E-state index contributed by atoms with van der Waals surface area (Å²) in [5.41, 5.74) is 1.73. The molecule has 2 fully saturated rings. The smallest absolute Gasteiger partial charge is 0.243 e. The average Bonchev–Trinajstić information content (AvgIpc) is 3.21. The molecule has 0 N–H and O–H groups in total. The lowest BCUT2D eigenvalue weighted by Crippen LogP contribution is -2.39. The maximum absolute atomic E-state index is 13.2. The van der Waals surface area contributed by atoms with Gasteiger partial charge >= 0.3 is 0 Å². The molecule has 4 rings (SSSR count). The van der Waals surface area contributed by atoms with Gasteiger partial charge in [-0.2, -0.15) is 4.31 Å². The molecule has 1 aromatic heterocycles. The van der Waals surface area contributed by atoms with Gasteiger partial charge in [-0.15, -0.1) is 10.2 Å². The first-order chi connectivity index (χ1) is 13.4. The first kappa shape index (κ1) is 19.6. The molecule has 1 aliphatic carbocycles. The second kappa shape index (κ2) is 7.95. The summed E-state index contributed by atoms with van der Waals surface area (Å²) < 4.78 is 34.1. The van der Waals surface area contributed by atoms with Gasteiger partial charge in [-0.1, -0.05) is 31.4 Å². The van der Waals surface area contributed by atoms with Crippen molar-refractivity contribution in [2.45, 2.75) is 75.5 Å². The van der Waals surface area contributed by atoms with Crippen LogP contribution in [-0.4, -0.2) is 36.0 Å². The van der Waals surface area contributed by atoms with Crippen LogP contribution in [0.25, 0.3) is 0 Å². The van der Waals surface area contributed by atoms with Crippen molar-refractivity contribution in [1.82, 2.24) is 14.5 Å². The molecule has 0 bridgehead atoms. The molecule has 2 aromatic rings. The van der Waals surface area contributed by atoms with Crippen LogP contribution >= 0.6 is 0 Å². The van der Waals surface area contributed by atoms with Gasteiger partial charge in [-0.3, -0.25) is 0 Å². The number of aryl methyl sites for hydroxylation is 2. The molecule has 2 heterocycles. The Morgan fingerprint density at radius 1 is 0.964 bits per heavy atom. The normalized spacial score (nSPS) is 22.4. The van der Waals surface area contributed by atoms with Crippen LogP contribution < -0.4 is 0 Å². The van der Waals surface area contributed by atoms with Gasteiger partial charge in [0, 0.05) is 19.0 Å². The highest BCUT2D eigenvalue weighted by atomic mass is 32.2. The number of rotatable bonds is 4. The van der Waals surface area contributed by atoms with Crippen molar-refractivity contribution in [1.29, 1.82) is 0 Å². The Morgan fingerprint density at radius 2 is 1.64 bits per heavy atom. The molecule has 0 amide bonds. The van der Waals surface area contributed by atoms with Crippen LogP contribution in [0.5, 0.6) is 0 Å². The molecule has 6 nitrogen and oxygen atoms in total. The van der Waals surface area contributed by atoms with E-state index < -0.39 is 10.0 Å². The van der Waals surface area contributed by atoms with Gasteiger partial charge in [-0.25, -0.2) is 8.42 Å². The molecule has 1 atom stereocenters. The fraction of sp³-hybridized carbons (Fsp3) is 0.619. The number of hydrogen-bond donors (Lipinski definition) is 0. The summed E-state index contributed by atoms with van der Waals surface area (Å²) in [6.07, 6.45) is 7.62. The maximum atomic E-state index is 13.2. The summed E-state index contributed by atoms with van der Waals surface area (Å²) >= 11 is 0. The quantitative estimate of drug-likeness (QED) is 0.761. The van der Waals surface area contributed by atoms with E-state index in [1.807, 2.05) is 26.0 Å². The number of sulfonamides is 1. The van der Waals surface area contributed by atoms with Gasteiger partial charge in [0.1, 0.15) is 0 Å². The molecule has 7 heteroatoms. The number of nitrogens with zero attached hydrogens (tertiary/aromatic N) is 3. The highest BCUT2D eigenvalue weighted by Crippen LogP contribution is 2.35. The SMILES string of the molecule is Cc1ccc(C)c(S(=O)(=O)N2CCCC(c3nnc(C4CCCCC4)o3)C2)c1. The zero-order valence-corrected chi connectivity index (χ0v) is 17.5. The molecule has 0 radical (unpaired) electrons. The number of hydrogen-bond acceptors (Lipinski definition) is 5. The van der Waals surface area contributed by atoms with Gasteiger partial charge in [0.05, 0.1) is 10.8 Å². The van der Waals surface area contributed by atoms with Crippen molar-refractivity contribution in [3.63, 3.8) is 0 Å².